The summed E-state index contributed by atoms with van der Waals surface area (Å²) in [7, 11) is 0. The molecule has 0 bridgehead atoms. The lowest BCUT2D eigenvalue weighted by Gasteiger charge is -2.10. The number of nitriles is 1. The second kappa shape index (κ2) is 6.12. The predicted molar refractivity (Wildman–Crippen MR) is 81.3 cm³/mol. The summed E-state index contributed by atoms with van der Waals surface area (Å²) in [6, 6.07) is 19.6. The third-order valence-electron chi connectivity index (χ3n) is 2.84. The number of nitrogens with zero attached hydrogens (tertiary/aromatic N) is 1. The Kier molecular flexibility index (Phi) is 4.27. The Morgan fingerprint density at radius 2 is 1.68 bits per heavy atom. The average molecular weight is 266 g/mol. The van der Waals surface area contributed by atoms with Gasteiger partial charge in [-0.2, -0.15) is 5.26 Å². The van der Waals surface area contributed by atoms with Gasteiger partial charge in [0.05, 0.1) is 11.3 Å². The second-order valence-corrected chi connectivity index (χ2v) is 4.81. The molecule has 2 nitrogen and oxygen atoms in total. The summed E-state index contributed by atoms with van der Waals surface area (Å²) in [6.45, 7) is 0. The highest BCUT2D eigenvalue weighted by Gasteiger charge is 2.10. The van der Waals surface area contributed by atoms with Crippen LogP contribution in [0, 0.1) is 11.3 Å². The first-order valence-corrected chi connectivity index (χ1v) is 7.09. The molecule has 2 rings (SSSR count). The molecule has 19 heavy (non-hydrogen) atoms. The van der Waals surface area contributed by atoms with Crippen molar-refractivity contribution in [3.8, 4) is 6.07 Å². The molecule has 0 aliphatic carbocycles. The van der Waals surface area contributed by atoms with Crippen molar-refractivity contribution in [2.75, 3.05) is 6.26 Å². The van der Waals surface area contributed by atoms with Crippen LogP contribution >= 0.6 is 11.8 Å². The van der Waals surface area contributed by atoms with Crippen molar-refractivity contribution in [1.82, 2.24) is 0 Å². The topological polar surface area (TPSA) is 49.8 Å². The van der Waals surface area contributed by atoms with Crippen LogP contribution in [0.3, 0.4) is 0 Å². The molecule has 0 aliphatic heterocycles. The van der Waals surface area contributed by atoms with E-state index in [1.54, 1.807) is 11.8 Å². The molecule has 0 radical (unpaired) electrons. The quantitative estimate of drug-likeness (QED) is 0.523. The highest BCUT2D eigenvalue weighted by Crippen LogP contribution is 2.28. The van der Waals surface area contributed by atoms with E-state index in [-0.39, 0.29) is 0 Å². The largest absolute Gasteiger partial charge is 0.397 e. The van der Waals surface area contributed by atoms with Crippen molar-refractivity contribution in [2.24, 2.45) is 5.73 Å². The average Bonchev–Trinajstić information content (AvgIpc) is 2.49. The maximum Gasteiger partial charge on any atom is 0.102 e. The van der Waals surface area contributed by atoms with E-state index in [1.807, 2.05) is 60.9 Å². The normalized spacial score (nSPS) is 11.6. The van der Waals surface area contributed by atoms with Gasteiger partial charge in [-0.25, -0.2) is 0 Å². The molecule has 0 aromatic heterocycles. The smallest absolute Gasteiger partial charge is 0.102 e. The van der Waals surface area contributed by atoms with Crippen LogP contribution < -0.4 is 5.73 Å². The lowest BCUT2D eigenvalue weighted by Crippen LogP contribution is -2.02. The SMILES string of the molecule is CSc1ccccc1/C(N)=C(/C#N)c1ccccc1. The van der Waals surface area contributed by atoms with Crippen molar-refractivity contribution >= 4 is 23.0 Å². The van der Waals surface area contributed by atoms with Gasteiger partial charge in [0.1, 0.15) is 6.07 Å². The molecular weight excluding hydrogens is 252 g/mol. The van der Waals surface area contributed by atoms with Crippen molar-refractivity contribution in [3.05, 3.63) is 65.7 Å². The summed E-state index contributed by atoms with van der Waals surface area (Å²) in [5.74, 6) is 0. The Labute approximate surface area is 117 Å². The Hall–Kier alpha value is -2.18. The third-order valence-corrected chi connectivity index (χ3v) is 3.64. The molecule has 3 heteroatoms. The maximum absolute atomic E-state index is 9.38. The predicted octanol–water partition coefficient (Wildman–Crippen LogP) is 3.76. The molecule has 2 aromatic rings. The molecule has 0 saturated carbocycles. The molecule has 0 unspecified atom stereocenters. The van der Waals surface area contributed by atoms with E-state index in [1.165, 1.54) is 0 Å². The first kappa shape index (κ1) is 13.3. The van der Waals surface area contributed by atoms with E-state index >= 15 is 0 Å². The zero-order valence-electron chi connectivity index (χ0n) is 10.6. The summed E-state index contributed by atoms with van der Waals surface area (Å²) in [4.78, 5) is 1.07. The summed E-state index contributed by atoms with van der Waals surface area (Å²) in [6.07, 6.45) is 2.00. The standard InChI is InChI=1S/C16H14N2S/c1-19-15-10-6-5-9-13(15)16(18)14(11-17)12-7-3-2-4-8-12/h2-10H,18H2,1H3/b16-14+. The lowest BCUT2D eigenvalue weighted by molar-refractivity contribution is 1.36. The molecule has 0 amide bonds. The molecule has 0 atom stereocenters. The number of rotatable bonds is 3. The monoisotopic (exact) mass is 266 g/mol. The maximum atomic E-state index is 9.38. The minimum Gasteiger partial charge on any atom is -0.397 e. The van der Waals surface area contributed by atoms with Crippen molar-refractivity contribution in [1.29, 1.82) is 5.26 Å². The van der Waals surface area contributed by atoms with Crippen LogP contribution in [0.1, 0.15) is 11.1 Å². The van der Waals surface area contributed by atoms with Crippen LogP contribution in [0.2, 0.25) is 0 Å². The number of thioether (sulfide) groups is 1. The van der Waals surface area contributed by atoms with E-state index in [4.69, 9.17) is 5.73 Å². The van der Waals surface area contributed by atoms with Gasteiger partial charge >= 0.3 is 0 Å². The highest BCUT2D eigenvalue weighted by molar-refractivity contribution is 7.98. The molecule has 0 heterocycles. The number of hydrogen-bond donors (Lipinski definition) is 1. The van der Waals surface area contributed by atoms with Gasteiger partial charge in [-0.05, 0) is 17.9 Å². The van der Waals surface area contributed by atoms with Gasteiger partial charge in [-0.15, -0.1) is 11.8 Å². The second-order valence-electron chi connectivity index (χ2n) is 3.97. The fraction of sp³-hybridized carbons (Fsp3) is 0.0625. The first-order chi connectivity index (χ1) is 9.27. The Bertz CT molecular complexity index is 639. The number of benzene rings is 2. The van der Waals surface area contributed by atoms with E-state index in [0.717, 1.165) is 16.0 Å². The fourth-order valence-corrected chi connectivity index (χ4v) is 2.50. The van der Waals surface area contributed by atoms with Crippen LogP contribution in [0.15, 0.2) is 59.5 Å². The van der Waals surface area contributed by atoms with E-state index in [2.05, 4.69) is 6.07 Å². The number of allylic oxidation sites excluding steroid dienone is 1. The summed E-state index contributed by atoms with van der Waals surface area (Å²) >= 11 is 1.62. The van der Waals surface area contributed by atoms with Crippen molar-refractivity contribution in [2.45, 2.75) is 4.90 Å². The van der Waals surface area contributed by atoms with Gasteiger partial charge in [-0.3, -0.25) is 0 Å². The zero-order valence-corrected chi connectivity index (χ0v) is 11.4. The molecule has 94 valence electrons. The molecule has 0 spiro atoms. The Morgan fingerprint density at radius 3 is 2.32 bits per heavy atom. The number of hydrogen-bond acceptors (Lipinski definition) is 3. The van der Waals surface area contributed by atoms with Gasteiger partial charge in [0, 0.05) is 10.5 Å². The van der Waals surface area contributed by atoms with Gasteiger partial charge in [0.15, 0.2) is 0 Å². The summed E-state index contributed by atoms with van der Waals surface area (Å²) in [5, 5.41) is 9.38. The van der Waals surface area contributed by atoms with Crippen LogP contribution in [-0.2, 0) is 0 Å². The molecule has 0 saturated heterocycles. The van der Waals surface area contributed by atoms with Crippen molar-refractivity contribution < 1.29 is 0 Å². The van der Waals surface area contributed by atoms with E-state index in [9.17, 15) is 5.26 Å². The van der Waals surface area contributed by atoms with Gasteiger partial charge in [0.2, 0.25) is 0 Å². The fourth-order valence-electron chi connectivity index (χ4n) is 1.89. The first-order valence-electron chi connectivity index (χ1n) is 5.86. The van der Waals surface area contributed by atoms with Crippen LogP contribution in [0.5, 0.6) is 0 Å². The lowest BCUT2D eigenvalue weighted by atomic mass is 10.0. The Balaban J connectivity index is 2.59. The minimum absolute atomic E-state index is 0.516. The summed E-state index contributed by atoms with van der Waals surface area (Å²) < 4.78 is 0. The zero-order chi connectivity index (χ0) is 13.7. The van der Waals surface area contributed by atoms with Gasteiger partial charge in [0.25, 0.3) is 0 Å². The molecule has 2 aromatic carbocycles. The van der Waals surface area contributed by atoms with Crippen LogP contribution in [0.4, 0.5) is 0 Å². The van der Waals surface area contributed by atoms with Crippen molar-refractivity contribution in [3.63, 3.8) is 0 Å². The summed E-state index contributed by atoms with van der Waals surface area (Å²) in [5.41, 5.74) is 9.00. The van der Waals surface area contributed by atoms with Gasteiger partial charge in [-0.1, -0.05) is 48.5 Å². The molecule has 0 aliphatic rings. The van der Waals surface area contributed by atoms with E-state index in [0.29, 0.717) is 11.3 Å². The minimum atomic E-state index is 0.516. The molecular formula is C16H14N2S. The molecule has 2 N–H and O–H groups in total. The van der Waals surface area contributed by atoms with Crippen LogP contribution in [-0.4, -0.2) is 6.26 Å². The van der Waals surface area contributed by atoms with Crippen LogP contribution in [0.25, 0.3) is 11.3 Å². The third kappa shape index (κ3) is 2.81. The van der Waals surface area contributed by atoms with Gasteiger partial charge < -0.3 is 5.73 Å². The molecule has 0 fully saturated rings. The number of nitrogens with two attached hydrogens (primary N) is 1. The van der Waals surface area contributed by atoms with E-state index < -0.39 is 0 Å². The highest BCUT2D eigenvalue weighted by atomic mass is 32.2. The Morgan fingerprint density at radius 1 is 1.05 bits per heavy atom.